The summed E-state index contributed by atoms with van der Waals surface area (Å²) in [6, 6.07) is 3.56. The fourth-order valence-electron chi connectivity index (χ4n) is 1.17. The highest BCUT2D eigenvalue weighted by molar-refractivity contribution is 5.86. The van der Waals surface area contributed by atoms with Gasteiger partial charge in [-0.1, -0.05) is 6.07 Å². The zero-order chi connectivity index (χ0) is 11.0. The Morgan fingerprint density at radius 3 is 2.80 bits per heavy atom. The summed E-state index contributed by atoms with van der Waals surface area (Å²) in [6.07, 6.45) is -2.62. The fraction of sp³-hybridized carbons (Fsp3) is 0.111. The highest BCUT2D eigenvalue weighted by Gasteiger charge is 2.14. The van der Waals surface area contributed by atoms with Gasteiger partial charge >= 0.3 is 11.9 Å². The maximum absolute atomic E-state index is 12.3. The Hall–Kier alpha value is -1.98. The molecule has 0 saturated carbocycles. The summed E-state index contributed by atoms with van der Waals surface area (Å²) >= 11 is 0. The highest BCUT2D eigenvalue weighted by atomic mass is 19.3. The first-order valence-corrected chi connectivity index (χ1v) is 4.00. The average molecular weight is 213 g/mol. The van der Waals surface area contributed by atoms with Crippen molar-refractivity contribution in [3.05, 3.63) is 29.7 Å². The molecule has 0 aliphatic carbocycles. The number of fused-ring (bicyclic) bond motifs is 1. The summed E-state index contributed by atoms with van der Waals surface area (Å²) in [6.45, 7) is 0. The van der Waals surface area contributed by atoms with Crippen molar-refractivity contribution in [3.8, 4) is 0 Å². The number of aromatic carboxylic acids is 1. The van der Waals surface area contributed by atoms with E-state index in [2.05, 4.69) is 4.98 Å². The predicted molar refractivity (Wildman–Crippen MR) is 45.9 cm³/mol. The van der Waals surface area contributed by atoms with Gasteiger partial charge in [0.05, 0.1) is 0 Å². The molecule has 1 aromatic carbocycles. The monoisotopic (exact) mass is 213 g/mol. The van der Waals surface area contributed by atoms with E-state index in [0.29, 0.717) is 0 Å². The molecule has 6 heteroatoms. The van der Waals surface area contributed by atoms with Gasteiger partial charge in [-0.15, -0.1) is 0 Å². The minimum absolute atomic E-state index is 0.0465. The standard InChI is InChI=1S/C9H5F2NO3/c10-7(11)4-1-2-5-6(3-4)15-8(12-5)9(13)14/h1-3,7H,(H,13,14). The van der Waals surface area contributed by atoms with Crippen LogP contribution in [0, 0.1) is 0 Å². The minimum atomic E-state index is -2.62. The number of rotatable bonds is 2. The second-order valence-electron chi connectivity index (χ2n) is 2.85. The Balaban J connectivity index is 2.57. The van der Waals surface area contributed by atoms with Crippen LogP contribution in [0.15, 0.2) is 22.6 Å². The van der Waals surface area contributed by atoms with Crippen molar-refractivity contribution < 1.29 is 23.1 Å². The Morgan fingerprint density at radius 2 is 2.20 bits per heavy atom. The molecule has 0 bridgehead atoms. The number of benzene rings is 1. The van der Waals surface area contributed by atoms with Crippen molar-refractivity contribution in [2.75, 3.05) is 0 Å². The largest absolute Gasteiger partial charge is 0.474 e. The summed E-state index contributed by atoms with van der Waals surface area (Å²) in [5.74, 6) is -1.83. The van der Waals surface area contributed by atoms with Crippen molar-refractivity contribution in [2.24, 2.45) is 0 Å². The number of carbonyl (C=O) groups is 1. The van der Waals surface area contributed by atoms with E-state index >= 15 is 0 Å². The van der Waals surface area contributed by atoms with Crippen molar-refractivity contribution in [1.82, 2.24) is 4.98 Å². The normalized spacial score (nSPS) is 11.1. The zero-order valence-corrected chi connectivity index (χ0v) is 7.28. The van der Waals surface area contributed by atoms with Crippen LogP contribution in [0.1, 0.15) is 22.7 Å². The van der Waals surface area contributed by atoms with E-state index in [9.17, 15) is 13.6 Å². The van der Waals surface area contributed by atoms with Gasteiger partial charge in [0.2, 0.25) is 0 Å². The molecule has 0 saturated heterocycles. The van der Waals surface area contributed by atoms with E-state index in [-0.39, 0.29) is 16.7 Å². The summed E-state index contributed by atoms with van der Waals surface area (Å²) < 4.78 is 29.3. The molecule has 0 fully saturated rings. The lowest BCUT2D eigenvalue weighted by molar-refractivity contribution is 0.0656. The molecule has 0 amide bonds. The number of halogens is 2. The Bertz CT molecular complexity index is 521. The quantitative estimate of drug-likeness (QED) is 0.832. The number of hydrogen-bond donors (Lipinski definition) is 1. The molecular weight excluding hydrogens is 208 g/mol. The van der Waals surface area contributed by atoms with Gasteiger partial charge in [0, 0.05) is 5.56 Å². The van der Waals surface area contributed by atoms with Crippen LogP contribution in [-0.4, -0.2) is 16.1 Å². The van der Waals surface area contributed by atoms with Gasteiger partial charge in [-0.05, 0) is 12.1 Å². The van der Waals surface area contributed by atoms with Crippen LogP contribution in [0.25, 0.3) is 11.1 Å². The molecule has 0 unspecified atom stereocenters. The third-order valence-corrected chi connectivity index (χ3v) is 1.85. The van der Waals surface area contributed by atoms with Crippen molar-refractivity contribution in [2.45, 2.75) is 6.43 Å². The first-order valence-electron chi connectivity index (χ1n) is 4.00. The van der Waals surface area contributed by atoms with E-state index in [4.69, 9.17) is 9.52 Å². The number of carboxylic acids is 1. The van der Waals surface area contributed by atoms with Crippen LogP contribution in [0.2, 0.25) is 0 Å². The van der Waals surface area contributed by atoms with Gasteiger partial charge in [-0.2, -0.15) is 0 Å². The van der Waals surface area contributed by atoms with Crippen LogP contribution >= 0.6 is 0 Å². The van der Waals surface area contributed by atoms with E-state index in [1.165, 1.54) is 12.1 Å². The first kappa shape index (κ1) is 9.57. The van der Waals surface area contributed by atoms with E-state index in [0.717, 1.165) is 6.07 Å². The van der Waals surface area contributed by atoms with Gasteiger partial charge in [0.25, 0.3) is 6.43 Å². The van der Waals surface area contributed by atoms with E-state index in [1.807, 2.05) is 0 Å². The van der Waals surface area contributed by atoms with Crippen LogP contribution in [0.4, 0.5) is 8.78 Å². The molecule has 2 aromatic rings. The SMILES string of the molecule is O=C(O)c1nc2ccc(C(F)F)cc2o1. The number of nitrogens with zero attached hydrogens (tertiary/aromatic N) is 1. The molecule has 15 heavy (non-hydrogen) atoms. The molecule has 4 nitrogen and oxygen atoms in total. The topological polar surface area (TPSA) is 63.3 Å². The molecule has 1 aromatic heterocycles. The minimum Gasteiger partial charge on any atom is -0.474 e. The van der Waals surface area contributed by atoms with Gasteiger partial charge in [0.15, 0.2) is 5.58 Å². The van der Waals surface area contributed by atoms with Crippen LogP contribution < -0.4 is 0 Å². The molecule has 0 atom stereocenters. The third-order valence-electron chi connectivity index (χ3n) is 1.85. The summed E-state index contributed by atoms with van der Waals surface area (Å²) in [4.78, 5) is 14.1. The number of carboxylic acid groups (broad SMARTS) is 1. The number of alkyl halides is 2. The second-order valence-corrected chi connectivity index (χ2v) is 2.85. The molecule has 78 valence electrons. The van der Waals surface area contributed by atoms with Crippen molar-refractivity contribution in [1.29, 1.82) is 0 Å². The number of oxazole rings is 1. The van der Waals surface area contributed by atoms with Gasteiger partial charge in [-0.25, -0.2) is 18.6 Å². The van der Waals surface area contributed by atoms with Crippen LogP contribution in [0.3, 0.4) is 0 Å². The molecule has 0 aliphatic rings. The summed E-state index contributed by atoms with van der Waals surface area (Å²) in [5.41, 5.74) is 0.0672. The molecule has 0 radical (unpaired) electrons. The van der Waals surface area contributed by atoms with Crippen molar-refractivity contribution >= 4 is 17.1 Å². The van der Waals surface area contributed by atoms with Gasteiger partial charge in [-0.3, -0.25) is 0 Å². The van der Waals surface area contributed by atoms with Crippen molar-refractivity contribution in [3.63, 3.8) is 0 Å². The molecule has 0 spiro atoms. The third kappa shape index (κ3) is 1.65. The zero-order valence-electron chi connectivity index (χ0n) is 7.28. The maximum atomic E-state index is 12.3. The smallest absolute Gasteiger partial charge is 0.392 e. The first-order chi connectivity index (χ1) is 7.08. The van der Waals surface area contributed by atoms with Gasteiger partial charge < -0.3 is 9.52 Å². The lowest BCUT2D eigenvalue weighted by Crippen LogP contribution is -1.94. The fourth-order valence-corrected chi connectivity index (χ4v) is 1.17. The number of aromatic nitrogens is 1. The Morgan fingerprint density at radius 1 is 1.47 bits per heavy atom. The number of hydrogen-bond acceptors (Lipinski definition) is 3. The second kappa shape index (κ2) is 3.30. The van der Waals surface area contributed by atoms with Crippen LogP contribution in [0.5, 0.6) is 0 Å². The molecule has 2 rings (SSSR count). The summed E-state index contributed by atoms with van der Waals surface area (Å²) in [5, 5.41) is 8.56. The summed E-state index contributed by atoms with van der Waals surface area (Å²) in [7, 11) is 0. The molecule has 0 aliphatic heterocycles. The molecule has 1 N–H and O–H groups in total. The van der Waals surface area contributed by atoms with Crippen LogP contribution in [-0.2, 0) is 0 Å². The predicted octanol–water partition coefficient (Wildman–Crippen LogP) is 2.46. The Labute approximate surface area is 82.1 Å². The average Bonchev–Trinajstić information content (AvgIpc) is 2.59. The molecule has 1 heterocycles. The lowest BCUT2D eigenvalue weighted by Gasteiger charge is -1.96. The molecular formula is C9H5F2NO3. The highest BCUT2D eigenvalue weighted by Crippen LogP contribution is 2.24. The lowest BCUT2D eigenvalue weighted by atomic mass is 10.2. The van der Waals surface area contributed by atoms with Gasteiger partial charge in [0.1, 0.15) is 5.52 Å². The Kier molecular flexibility index (Phi) is 2.11. The van der Waals surface area contributed by atoms with E-state index < -0.39 is 18.3 Å². The maximum Gasteiger partial charge on any atom is 0.392 e. The van der Waals surface area contributed by atoms with E-state index in [1.54, 1.807) is 0 Å².